The molecule has 32 heavy (non-hydrogen) atoms. The molecular weight excluding hydrogens is 426 g/mol. The van der Waals surface area contributed by atoms with Crippen molar-refractivity contribution in [3.63, 3.8) is 0 Å². The summed E-state index contributed by atoms with van der Waals surface area (Å²) in [6.07, 6.45) is 5.54. The lowest BCUT2D eigenvalue weighted by Gasteiger charge is -2.36. The van der Waals surface area contributed by atoms with E-state index in [9.17, 15) is 9.59 Å². The minimum Gasteiger partial charge on any atom is -0.349 e. The molecule has 166 valence electrons. The smallest absolute Gasteiger partial charge is 0.256 e. The van der Waals surface area contributed by atoms with Gasteiger partial charge in [0.05, 0.1) is 11.6 Å². The van der Waals surface area contributed by atoms with Crippen LogP contribution in [0.5, 0.6) is 0 Å². The number of nitrogens with zero attached hydrogens (tertiary/aromatic N) is 4. The number of aryl methyl sites for hydroxylation is 2. The molecule has 1 aliphatic heterocycles. The van der Waals surface area contributed by atoms with Gasteiger partial charge < -0.3 is 10.2 Å². The maximum absolute atomic E-state index is 13.3. The summed E-state index contributed by atoms with van der Waals surface area (Å²) in [5.41, 5.74) is 3.39. The molecule has 5 rings (SSSR count). The number of halogens is 1. The van der Waals surface area contributed by atoms with Gasteiger partial charge in [-0.15, -0.1) is 0 Å². The summed E-state index contributed by atoms with van der Waals surface area (Å²) in [6, 6.07) is 9.45. The highest BCUT2D eigenvalue weighted by Gasteiger charge is 2.48. The standard InChI is InChI=1S/C24H26ClN5O2/c1-15-12-16(2)30-21(27-15)20(14-26-30)22(31)28-18-6-8-24(9-7-18)10-11-29(23(24)32)19-5-3-4-17(25)13-19/h3-5,12-14,18H,6-11H2,1-2H3,(H,28,31)/t18-,24-. The molecule has 1 spiro atoms. The molecule has 0 atom stereocenters. The van der Waals surface area contributed by atoms with Crippen LogP contribution in [0.3, 0.4) is 0 Å². The van der Waals surface area contributed by atoms with Crippen LogP contribution in [0, 0.1) is 19.3 Å². The van der Waals surface area contributed by atoms with E-state index in [-0.39, 0.29) is 23.3 Å². The fraction of sp³-hybridized carbons (Fsp3) is 0.417. The Morgan fingerprint density at radius 2 is 1.97 bits per heavy atom. The summed E-state index contributed by atoms with van der Waals surface area (Å²) in [7, 11) is 0. The Morgan fingerprint density at radius 1 is 1.19 bits per heavy atom. The lowest BCUT2D eigenvalue weighted by atomic mass is 9.71. The third kappa shape index (κ3) is 3.54. The number of carbonyl (C=O) groups is 2. The summed E-state index contributed by atoms with van der Waals surface area (Å²) in [6.45, 7) is 4.57. The lowest BCUT2D eigenvalue weighted by molar-refractivity contribution is -0.127. The van der Waals surface area contributed by atoms with Crippen LogP contribution < -0.4 is 10.2 Å². The third-order valence-corrected chi connectivity index (χ3v) is 7.17. The molecule has 2 amide bonds. The number of hydrogen-bond donors (Lipinski definition) is 1. The topological polar surface area (TPSA) is 79.6 Å². The van der Waals surface area contributed by atoms with Gasteiger partial charge in [-0.05, 0) is 70.2 Å². The number of benzene rings is 1. The Kier molecular flexibility index (Phi) is 5.16. The first kappa shape index (κ1) is 20.9. The van der Waals surface area contributed by atoms with Gasteiger partial charge in [-0.2, -0.15) is 5.10 Å². The van der Waals surface area contributed by atoms with E-state index in [0.29, 0.717) is 22.8 Å². The predicted molar refractivity (Wildman–Crippen MR) is 123 cm³/mol. The third-order valence-electron chi connectivity index (χ3n) is 6.93. The molecule has 1 saturated carbocycles. The van der Waals surface area contributed by atoms with Crippen LogP contribution in [0.4, 0.5) is 5.69 Å². The number of hydrogen-bond acceptors (Lipinski definition) is 4. The second-order valence-corrected chi connectivity index (χ2v) is 9.48. The van der Waals surface area contributed by atoms with E-state index < -0.39 is 0 Å². The van der Waals surface area contributed by atoms with Gasteiger partial charge in [0.1, 0.15) is 5.56 Å². The molecule has 2 aromatic heterocycles. The maximum Gasteiger partial charge on any atom is 0.256 e. The lowest BCUT2D eigenvalue weighted by Crippen LogP contribution is -2.43. The van der Waals surface area contributed by atoms with Crippen molar-refractivity contribution in [1.29, 1.82) is 0 Å². The van der Waals surface area contributed by atoms with Crippen molar-refractivity contribution in [2.75, 3.05) is 11.4 Å². The molecule has 8 heteroatoms. The van der Waals surface area contributed by atoms with Gasteiger partial charge in [0.15, 0.2) is 5.65 Å². The molecular formula is C24H26ClN5O2. The second-order valence-electron chi connectivity index (χ2n) is 9.05. The first-order chi connectivity index (χ1) is 15.4. The number of amides is 2. The van der Waals surface area contributed by atoms with Gasteiger partial charge >= 0.3 is 0 Å². The van der Waals surface area contributed by atoms with Gasteiger partial charge in [0.2, 0.25) is 5.91 Å². The van der Waals surface area contributed by atoms with E-state index in [1.165, 1.54) is 0 Å². The molecule has 2 fully saturated rings. The first-order valence-corrected chi connectivity index (χ1v) is 11.4. The molecule has 0 unspecified atom stereocenters. The molecule has 0 radical (unpaired) electrons. The van der Waals surface area contributed by atoms with Crippen molar-refractivity contribution >= 4 is 34.7 Å². The van der Waals surface area contributed by atoms with E-state index in [1.54, 1.807) is 10.7 Å². The van der Waals surface area contributed by atoms with Gasteiger partial charge in [-0.25, -0.2) is 9.50 Å². The zero-order chi connectivity index (χ0) is 22.5. The van der Waals surface area contributed by atoms with Crippen LogP contribution in [0.1, 0.15) is 53.8 Å². The van der Waals surface area contributed by atoms with Crippen LogP contribution in [-0.4, -0.2) is 39.0 Å². The first-order valence-electron chi connectivity index (χ1n) is 11.1. The van der Waals surface area contributed by atoms with Crippen molar-refractivity contribution in [2.45, 2.75) is 52.0 Å². The van der Waals surface area contributed by atoms with E-state index in [0.717, 1.165) is 49.2 Å². The largest absolute Gasteiger partial charge is 0.349 e. The predicted octanol–water partition coefficient (Wildman–Crippen LogP) is 4.10. The van der Waals surface area contributed by atoms with Gasteiger partial charge in [-0.1, -0.05) is 17.7 Å². The van der Waals surface area contributed by atoms with Crippen molar-refractivity contribution in [1.82, 2.24) is 19.9 Å². The van der Waals surface area contributed by atoms with E-state index >= 15 is 0 Å². The summed E-state index contributed by atoms with van der Waals surface area (Å²) in [4.78, 5) is 32.6. The summed E-state index contributed by atoms with van der Waals surface area (Å²) >= 11 is 6.12. The van der Waals surface area contributed by atoms with E-state index in [1.807, 2.05) is 49.1 Å². The highest BCUT2D eigenvalue weighted by Crippen LogP contribution is 2.46. The minimum atomic E-state index is -0.330. The highest BCUT2D eigenvalue weighted by atomic mass is 35.5. The molecule has 1 aromatic carbocycles. The average molecular weight is 452 g/mol. The molecule has 1 saturated heterocycles. The Labute approximate surface area is 191 Å². The Balaban J connectivity index is 1.26. The zero-order valence-corrected chi connectivity index (χ0v) is 19.0. The van der Waals surface area contributed by atoms with Crippen LogP contribution >= 0.6 is 11.6 Å². The number of carbonyl (C=O) groups excluding carboxylic acids is 2. The van der Waals surface area contributed by atoms with Crippen LogP contribution in [0.2, 0.25) is 5.02 Å². The fourth-order valence-corrected chi connectivity index (χ4v) is 5.37. The Hall–Kier alpha value is -2.93. The van der Waals surface area contributed by atoms with Crippen molar-refractivity contribution < 1.29 is 9.59 Å². The Morgan fingerprint density at radius 3 is 2.72 bits per heavy atom. The van der Waals surface area contributed by atoms with Gasteiger partial charge in [0.25, 0.3) is 5.91 Å². The second kappa shape index (κ2) is 7.89. The molecule has 7 nitrogen and oxygen atoms in total. The van der Waals surface area contributed by atoms with Crippen LogP contribution in [0.15, 0.2) is 36.5 Å². The van der Waals surface area contributed by atoms with Gasteiger partial charge in [0, 0.05) is 34.7 Å². The summed E-state index contributed by atoms with van der Waals surface area (Å²) in [5.74, 6) is 0.0269. The molecule has 3 aromatic rings. The highest BCUT2D eigenvalue weighted by molar-refractivity contribution is 6.31. The molecule has 1 aliphatic carbocycles. The summed E-state index contributed by atoms with van der Waals surface area (Å²) in [5, 5.41) is 8.10. The number of nitrogens with one attached hydrogen (secondary N) is 1. The molecule has 1 N–H and O–H groups in total. The SMILES string of the molecule is Cc1cc(C)n2ncc(C(=O)N[C@H]3CC[C@@]4(CCN(c5cccc(Cl)c5)C4=O)CC3)c2n1. The maximum atomic E-state index is 13.3. The Bertz CT molecular complexity index is 1210. The quantitative estimate of drug-likeness (QED) is 0.650. The molecule has 3 heterocycles. The normalized spacial score (nSPS) is 23.3. The van der Waals surface area contributed by atoms with E-state index in [2.05, 4.69) is 15.4 Å². The number of aromatic nitrogens is 3. The number of rotatable bonds is 3. The van der Waals surface area contributed by atoms with Crippen molar-refractivity contribution in [3.05, 3.63) is 58.5 Å². The van der Waals surface area contributed by atoms with Crippen molar-refractivity contribution in [3.8, 4) is 0 Å². The van der Waals surface area contributed by atoms with Crippen molar-refractivity contribution in [2.24, 2.45) is 5.41 Å². The van der Waals surface area contributed by atoms with Crippen LogP contribution in [-0.2, 0) is 4.79 Å². The summed E-state index contributed by atoms with van der Waals surface area (Å²) < 4.78 is 1.69. The minimum absolute atomic E-state index is 0.0435. The van der Waals surface area contributed by atoms with E-state index in [4.69, 9.17) is 11.6 Å². The average Bonchev–Trinajstić information content (AvgIpc) is 3.32. The monoisotopic (exact) mass is 451 g/mol. The number of fused-ring (bicyclic) bond motifs is 1. The molecule has 0 bridgehead atoms. The number of anilines is 1. The van der Waals surface area contributed by atoms with Gasteiger partial charge in [-0.3, -0.25) is 9.59 Å². The molecule has 2 aliphatic rings. The fourth-order valence-electron chi connectivity index (χ4n) is 5.18. The van der Waals surface area contributed by atoms with Crippen LogP contribution in [0.25, 0.3) is 5.65 Å². The zero-order valence-electron chi connectivity index (χ0n) is 18.3.